The second kappa shape index (κ2) is 10.4. The Morgan fingerprint density at radius 1 is 0.939 bits per heavy atom. The number of ether oxygens (including phenoxy) is 2. The van der Waals surface area contributed by atoms with Gasteiger partial charge in [0, 0.05) is 6.07 Å². The fourth-order valence-electron chi connectivity index (χ4n) is 3.47. The summed E-state index contributed by atoms with van der Waals surface area (Å²) >= 11 is 0. The fraction of sp³-hybridized carbons (Fsp3) is 0.240. The number of nitrogens with zero attached hydrogens (tertiary/aromatic N) is 1. The lowest BCUT2D eigenvalue weighted by Crippen LogP contribution is -2.42. The number of methoxy groups -OCH3 is 2. The maximum Gasteiger partial charge on any atom is 0.241 e. The van der Waals surface area contributed by atoms with Crippen molar-refractivity contribution in [3.8, 4) is 11.5 Å². The average Bonchev–Trinajstić information content (AvgIpc) is 2.81. The van der Waals surface area contributed by atoms with E-state index in [1.54, 1.807) is 12.1 Å². The van der Waals surface area contributed by atoms with Crippen molar-refractivity contribution >= 4 is 21.6 Å². The predicted molar refractivity (Wildman–Crippen MR) is 129 cm³/mol. The largest absolute Gasteiger partial charge is 0.497 e. The van der Waals surface area contributed by atoms with Crippen molar-refractivity contribution in [1.29, 1.82) is 0 Å². The third kappa shape index (κ3) is 6.04. The van der Waals surface area contributed by atoms with Gasteiger partial charge in [-0.25, -0.2) is 8.42 Å². The highest BCUT2D eigenvalue weighted by atomic mass is 32.2. The van der Waals surface area contributed by atoms with E-state index in [9.17, 15) is 13.2 Å². The number of hydrogen-bond acceptors (Lipinski definition) is 5. The van der Waals surface area contributed by atoms with Gasteiger partial charge in [0.1, 0.15) is 18.0 Å². The lowest BCUT2D eigenvalue weighted by Gasteiger charge is -2.26. The van der Waals surface area contributed by atoms with Crippen molar-refractivity contribution in [2.75, 3.05) is 31.3 Å². The Morgan fingerprint density at radius 2 is 1.58 bits per heavy atom. The summed E-state index contributed by atoms with van der Waals surface area (Å²) < 4.78 is 36.9. The monoisotopic (exact) mass is 468 g/mol. The molecule has 0 saturated heterocycles. The summed E-state index contributed by atoms with van der Waals surface area (Å²) in [6, 6.07) is 21.7. The third-order valence-corrected chi connectivity index (χ3v) is 6.32. The molecule has 0 aromatic heterocycles. The number of nitrogens with one attached hydrogen (secondary N) is 1. The topological polar surface area (TPSA) is 84.9 Å². The zero-order valence-corrected chi connectivity index (χ0v) is 19.9. The highest BCUT2D eigenvalue weighted by Gasteiger charge is 2.26. The van der Waals surface area contributed by atoms with Crippen LogP contribution in [0.3, 0.4) is 0 Å². The summed E-state index contributed by atoms with van der Waals surface area (Å²) in [5.41, 5.74) is 3.11. The van der Waals surface area contributed by atoms with Crippen LogP contribution in [0, 0.1) is 6.92 Å². The molecule has 0 aliphatic heterocycles. The lowest BCUT2D eigenvalue weighted by atomic mass is 9.98. The molecule has 0 unspecified atom stereocenters. The van der Waals surface area contributed by atoms with Crippen LogP contribution in [0.5, 0.6) is 11.5 Å². The molecule has 0 saturated carbocycles. The normalized spacial score (nSPS) is 12.0. The SMILES string of the molecule is COc1ccc(OC)c(N(CC(=O)N[C@H](c2ccccc2)c2ccc(C)cc2)S(C)(=O)=O)c1. The number of sulfonamides is 1. The summed E-state index contributed by atoms with van der Waals surface area (Å²) in [6.07, 6.45) is 1.05. The third-order valence-electron chi connectivity index (χ3n) is 5.19. The first-order chi connectivity index (χ1) is 15.7. The van der Waals surface area contributed by atoms with Crippen LogP contribution in [0.4, 0.5) is 5.69 Å². The molecular formula is C25H28N2O5S. The second-order valence-electron chi connectivity index (χ2n) is 7.63. The Balaban J connectivity index is 1.94. The van der Waals surface area contributed by atoms with Crippen LogP contribution >= 0.6 is 0 Å². The molecule has 0 bridgehead atoms. The molecule has 3 aromatic rings. The first-order valence-corrected chi connectivity index (χ1v) is 12.2. The molecule has 3 aromatic carbocycles. The highest BCUT2D eigenvalue weighted by molar-refractivity contribution is 7.92. The van der Waals surface area contributed by atoms with Crippen LogP contribution in [-0.4, -0.2) is 41.3 Å². The molecule has 0 aliphatic carbocycles. The van der Waals surface area contributed by atoms with E-state index in [1.165, 1.54) is 20.3 Å². The Bertz CT molecular complexity index is 1200. The number of rotatable bonds is 9. The standard InChI is InChI=1S/C25H28N2O5S/c1-18-10-12-20(13-11-18)25(19-8-6-5-7-9-19)26-24(28)17-27(33(4,29)30)22-16-21(31-2)14-15-23(22)32-3/h5-16,25H,17H2,1-4H3,(H,26,28)/t25-/m1/s1. The molecule has 8 heteroatoms. The van der Waals surface area contributed by atoms with Gasteiger partial charge in [0.05, 0.1) is 32.2 Å². The van der Waals surface area contributed by atoms with Crippen molar-refractivity contribution < 1.29 is 22.7 Å². The van der Waals surface area contributed by atoms with E-state index >= 15 is 0 Å². The van der Waals surface area contributed by atoms with Gasteiger partial charge in [-0.1, -0.05) is 60.2 Å². The van der Waals surface area contributed by atoms with E-state index < -0.39 is 28.5 Å². The minimum atomic E-state index is -3.80. The van der Waals surface area contributed by atoms with Crippen LogP contribution in [-0.2, 0) is 14.8 Å². The van der Waals surface area contributed by atoms with E-state index in [1.807, 2.05) is 61.5 Å². The number of aryl methyl sites for hydroxylation is 1. The van der Waals surface area contributed by atoms with Crippen molar-refractivity contribution in [3.05, 3.63) is 89.5 Å². The second-order valence-corrected chi connectivity index (χ2v) is 9.54. The van der Waals surface area contributed by atoms with Gasteiger partial charge in [0.25, 0.3) is 0 Å². The Morgan fingerprint density at radius 3 is 2.15 bits per heavy atom. The quantitative estimate of drug-likeness (QED) is 0.518. The Hall–Kier alpha value is -3.52. The van der Waals surface area contributed by atoms with Gasteiger partial charge in [0.2, 0.25) is 15.9 Å². The summed E-state index contributed by atoms with van der Waals surface area (Å²) in [5, 5.41) is 2.99. The van der Waals surface area contributed by atoms with Crippen LogP contribution in [0.2, 0.25) is 0 Å². The number of carbonyl (C=O) groups excluding carboxylic acids is 1. The van der Waals surface area contributed by atoms with Crippen LogP contribution < -0.4 is 19.1 Å². The molecule has 0 fully saturated rings. The minimum absolute atomic E-state index is 0.223. The smallest absolute Gasteiger partial charge is 0.241 e. The molecule has 1 atom stereocenters. The summed E-state index contributed by atoms with van der Waals surface area (Å²) in [4.78, 5) is 13.2. The van der Waals surface area contributed by atoms with Gasteiger partial charge in [-0.2, -0.15) is 0 Å². The maximum absolute atomic E-state index is 13.2. The number of amides is 1. The van der Waals surface area contributed by atoms with E-state index in [-0.39, 0.29) is 5.69 Å². The molecule has 33 heavy (non-hydrogen) atoms. The number of benzene rings is 3. The van der Waals surface area contributed by atoms with Crippen LogP contribution in [0.25, 0.3) is 0 Å². The number of anilines is 1. The average molecular weight is 469 g/mol. The van der Waals surface area contributed by atoms with Crippen molar-refractivity contribution in [1.82, 2.24) is 5.32 Å². The molecule has 1 amide bonds. The van der Waals surface area contributed by atoms with E-state index in [0.29, 0.717) is 11.5 Å². The molecule has 1 N–H and O–H groups in total. The van der Waals surface area contributed by atoms with Gasteiger partial charge in [0.15, 0.2) is 0 Å². The Labute approximate surface area is 195 Å². The molecule has 174 valence electrons. The van der Waals surface area contributed by atoms with E-state index in [0.717, 1.165) is 27.3 Å². The van der Waals surface area contributed by atoms with Crippen molar-refractivity contribution in [3.63, 3.8) is 0 Å². The highest BCUT2D eigenvalue weighted by Crippen LogP contribution is 2.33. The molecule has 0 spiro atoms. The first kappa shape index (κ1) is 24.1. The zero-order valence-electron chi connectivity index (χ0n) is 19.1. The van der Waals surface area contributed by atoms with Crippen LogP contribution in [0.1, 0.15) is 22.7 Å². The molecule has 3 rings (SSSR count). The summed E-state index contributed by atoms with van der Waals surface area (Å²) in [7, 11) is -0.884. The van der Waals surface area contributed by atoms with Gasteiger partial charge >= 0.3 is 0 Å². The van der Waals surface area contributed by atoms with Crippen molar-refractivity contribution in [2.24, 2.45) is 0 Å². The van der Waals surface area contributed by atoms with E-state index in [2.05, 4.69) is 5.32 Å². The zero-order chi connectivity index (χ0) is 24.0. The summed E-state index contributed by atoms with van der Waals surface area (Å²) in [6.45, 7) is 1.57. The van der Waals surface area contributed by atoms with E-state index in [4.69, 9.17) is 9.47 Å². The predicted octanol–water partition coefficient (Wildman–Crippen LogP) is 3.68. The first-order valence-electron chi connectivity index (χ1n) is 10.3. The molecule has 7 nitrogen and oxygen atoms in total. The molecule has 0 radical (unpaired) electrons. The van der Waals surface area contributed by atoms with Crippen molar-refractivity contribution in [2.45, 2.75) is 13.0 Å². The minimum Gasteiger partial charge on any atom is -0.497 e. The van der Waals surface area contributed by atoms with Gasteiger partial charge in [-0.05, 0) is 30.2 Å². The molecule has 0 aliphatic rings. The Kier molecular flexibility index (Phi) is 7.60. The maximum atomic E-state index is 13.2. The number of carbonyl (C=O) groups is 1. The molecular weight excluding hydrogens is 440 g/mol. The lowest BCUT2D eigenvalue weighted by molar-refractivity contribution is -0.120. The number of hydrogen-bond donors (Lipinski definition) is 1. The summed E-state index contributed by atoms with van der Waals surface area (Å²) in [5.74, 6) is 0.300. The van der Waals surface area contributed by atoms with Gasteiger partial charge < -0.3 is 14.8 Å². The van der Waals surface area contributed by atoms with Crippen LogP contribution in [0.15, 0.2) is 72.8 Å². The van der Waals surface area contributed by atoms with Gasteiger partial charge in [-0.3, -0.25) is 9.10 Å². The fourth-order valence-corrected chi connectivity index (χ4v) is 4.33. The van der Waals surface area contributed by atoms with Gasteiger partial charge in [-0.15, -0.1) is 0 Å². The molecule has 0 heterocycles.